The second kappa shape index (κ2) is 12.3. The molecule has 1 unspecified atom stereocenters. The Morgan fingerprint density at radius 3 is 2.47 bits per heavy atom. The first-order chi connectivity index (χ1) is 20.2. The highest BCUT2D eigenvalue weighted by Crippen LogP contribution is 2.32. The number of alkyl halides is 3. The van der Waals surface area contributed by atoms with Gasteiger partial charge < -0.3 is 20.2 Å². The number of aliphatic imine (C=N–C) groups is 1. The zero-order chi connectivity index (χ0) is 31.5. The zero-order valence-electron chi connectivity index (χ0n) is 24.5. The number of ether oxygens (including phenoxy) is 2. The first-order valence-corrected chi connectivity index (χ1v) is 13.6. The average molecular weight is 599 g/mol. The monoisotopic (exact) mass is 598 g/mol. The SMILES string of the molecule is CC(=NC1CCN(C(=O)OC(C)(C)C)CC1)/C(=N\N)c1cc(OC(C)c2cncc(C(F)(F)F)c2)n2c(C#N)cnc2c1. The van der Waals surface area contributed by atoms with Crippen LogP contribution in [0.1, 0.15) is 75.9 Å². The van der Waals surface area contributed by atoms with E-state index in [1.54, 1.807) is 30.9 Å². The van der Waals surface area contributed by atoms with Crippen LogP contribution in [0.2, 0.25) is 0 Å². The summed E-state index contributed by atoms with van der Waals surface area (Å²) in [5.41, 5.74) is 0.590. The van der Waals surface area contributed by atoms with Gasteiger partial charge in [-0.05, 0) is 59.6 Å². The topological polar surface area (TPSA) is 143 Å². The highest BCUT2D eigenvalue weighted by atomic mass is 19.4. The van der Waals surface area contributed by atoms with E-state index in [1.807, 2.05) is 26.8 Å². The number of amides is 1. The van der Waals surface area contributed by atoms with E-state index in [0.717, 1.165) is 12.3 Å². The molecule has 1 fully saturated rings. The number of rotatable bonds is 6. The van der Waals surface area contributed by atoms with Gasteiger partial charge in [0, 0.05) is 42.7 Å². The minimum absolute atomic E-state index is 0.0834. The number of hydrogen-bond donors (Lipinski definition) is 1. The number of piperidine rings is 1. The lowest BCUT2D eigenvalue weighted by atomic mass is 10.0. The Labute approximate surface area is 246 Å². The van der Waals surface area contributed by atoms with E-state index in [9.17, 15) is 23.2 Å². The van der Waals surface area contributed by atoms with E-state index < -0.39 is 23.4 Å². The normalized spacial score (nSPS) is 16.2. The molecule has 0 spiro atoms. The number of hydrogen-bond acceptors (Lipinski definition) is 9. The van der Waals surface area contributed by atoms with Gasteiger partial charge in [0.15, 0.2) is 0 Å². The molecule has 3 aromatic heterocycles. The van der Waals surface area contributed by atoms with Crippen molar-refractivity contribution >= 4 is 23.2 Å². The third-order valence-electron chi connectivity index (χ3n) is 6.78. The Morgan fingerprint density at radius 1 is 1.16 bits per heavy atom. The van der Waals surface area contributed by atoms with Crippen LogP contribution in [0, 0.1) is 11.3 Å². The van der Waals surface area contributed by atoms with Crippen LogP contribution in [0.3, 0.4) is 0 Å². The summed E-state index contributed by atoms with van der Waals surface area (Å²) in [5.74, 6) is 5.95. The van der Waals surface area contributed by atoms with Gasteiger partial charge in [0.25, 0.3) is 0 Å². The molecule has 0 radical (unpaired) electrons. The molecular formula is C29H33F3N8O3. The number of halogens is 3. The van der Waals surface area contributed by atoms with Gasteiger partial charge in [0.2, 0.25) is 5.88 Å². The van der Waals surface area contributed by atoms with E-state index in [1.165, 1.54) is 16.8 Å². The van der Waals surface area contributed by atoms with Crippen molar-refractivity contribution in [1.29, 1.82) is 5.26 Å². The molecule has 0 aromatic carbocycles. The average Bonchev–Trinajstić information content (AvgIpc) is 3.36. The van der Waals surface area contributed by atoms with Crippen molar-refractivity contribution in [3.8, 4) is 11.9 Å². The van der Waals surface area contributed by atoms with E-state index in [2.05, 4.69) is 15.1 Å². The predicted molar refractivity (Wildman–Crippen MR) is 153 cm³/mol. The fourth-order valence-electron chi connectivity index (χ4n) is 4.68. The first kappa shape index (κ1) is 31.3. The lowest BCUT2D eigenvalue weighted by Gasteiger charge is -2.32. The maximum Gasteiger partial charge on any atom is 0.417 e. The van der Waals surface area contributed by atoms with Crippen LogP contribution in [-0.4, -0.2) is 61.5 Å². The summed E-state index contributed by atoms with van der Waals surface area (Å²) in [6.45, 7) is 9.78. The number of carbonyl (C=O) groups is 1. The third kappa shape index (κ3) is 7.40. The maximum atomic E-state index is 13.3. The minimum Gasteiger partial charge on any atom is -0.471 e. The summed E-state index contributed by atoms with van der Waals surface area (Å²) in [5, 5.41) is 13.6. The molecule has 3 aromatic rings. The molecule has 43 heavy (non-hydrogen) atoms. The van der Waals surface area contributed by atoms with E-state index in [4.69, 9.17) is 20.3 Å². The van der Waals surface area contributed by atoms with Gasteiger partial charge in [-0.2, -0.15) is 23.5 Å². The number of fused-ring (bicyclic) bond motifs is 1. The Hall–Kier alpha value is -4.67. The van der Waals surface area contributed by atoms with Gasteiger partial charge in [-0.3, -0.25) is 14.4 Å². The summed E-state index contributed by atoms with van der Waals surface area (Å²) < 4.78 is 52.8. The number of aromatic nitrogens is 3. The Kier molecular flexibility index (Phi) is 8.93. The predicted octanol–water partition coefficient (Wildman–Crippen LogP) is 5.28. The van der Waals surface area contributed by atoms with Crippen molar-refractivity contribution in [2.75, 3.05) is 13.1 Å². The van der Waals surface area contributed by atoms with Gasteiger partial charge in [-0.1, -0.05) is 0 Å². The molecule has 228 valence electrons. The van der Waals surface area contributed by atoms with Crippen LogP contribution >= 0.6 is 0 Å². The number of nitrogens with two attached hydrogens (primary N) is 1. The van der Waals surface area contributed by atoms with Crippen molar-refractivity contribution in [2.45, 2.75) is 71.4 Å². The molecule has 11 nitrogen and oxygen atoms in total. The molecule has 1 saturated heterocycles. The summed E-state index contributed by atoms with van der Waals surface area (Å²) in [7, 11) is 0. The van der Waals surface area contributed by atoms with Gasteiger partial charge in [0.05, 0.1) is 23.5 Å². The molecular weight excluding hydrogens is 565 g/mol. The number of carbonyl (C=O) groups excluding carboxylic acids is 1. The molecule has 0 bridgehead atoms. The number of hydrazone groups is 1. The molecule has 4 rings (SSSR count). The highest BCUT2D eigenvalue weighted by molar-refractivity contribution is 6.47. The molecule has 2 N–H and O–H groups in total. The van der Waals surface area contributed by atoms with Gasteiger partial charge in [-0.25, -0.2) is 9.78 Å². The summed E-state index contributed by atoms with van der Waals surface area (Å²) in [4.78, 5) is 26.9. The van der Waals surface area contributed by atoms with Crippen LogP contribution in [-0.2, 0) is 10.9 Å². The molecule has 1 atom stereocenters. The van der Waals surface area contributed by atoms with Crippen molar-refractivity contribution in [3.05, 3.63) is 59.2 Å². The summed E-state index contributed by atoms with van der Waals surface area (Å²) in [6.07, 6.45) is -1.16. The molecule has 4 heterocycles. The van der Waals surface area contributed by atoms with Crippen LogP contribution in [0.5, 0.6) is 5.88 Å². The Bertz CT molecular complexity index is 1590. The molecule has 0 aliphatic carbocycles. The number of likely N-dealkylation sites (tertiary alicyclic amines) is 1. The van der Waals surface area contributed by atoms with Gasteiger partial charge >= 0.3 is 12.3 Å². The second-order valence-electron chi connectivity index (χ2n) is 11.2. The van der Waals surface area contributed by atoms with E-state index >= 15 is 0 Å². The Morgan fingerprint density at radius 2 is 1.86 bits per heavy atom. The standard InChI is InChI=1S/C29H33F3N8O3/c1-17(37-22-6-8-39(9-7-22)27(41)43-28(3,4)5)26(38-34)19-11-24-36-16-23(13-33)40(24)25(12-19)42-18(2)20-10-21(15-35-14-20)29(30,31)32/h10-12,14-16,18,22H,6-9,34H2,1-5H3/b37-17?,38-26+. The molecule has 14 heteroatoms. The highest BCUT2D eigenvalue weighted by Gasteiger charge is 2.32. The van der Waals surface area contributed by atoms with Crippen LogP contribution in [0.15, 0.2) is 46.9 Å². The van der Waals surface area contributed by atoms with E-state index in [-0.39, 0.29) is 29.3 Å². The second-order valence-corrected chi connectivity index (χ2v) is 11.2. The largest absolute Gasteiger partial charge is 0.471 e. The third-order valence-corrected chi connectivity index (χ3v) is 6.78. The molecule has 1 aliphatic rings. The van der Waals surface area contributed by atoms with Crippen molar-refractivity contribution in [1.82, 2.24) is 19.3 Å². The van der Waals surface area contributed by atoms with Gasteiger partial charge in [0.1, 0.15) is 34.8 Å². The van der Waals surface area contributed by atoms with Crippen molar-refractivity contribution < 1.29 is 27.4 Å². The molecule has 1 aliphatic heterocycles. The van der Waals surface area contributed by atoms with Crippen LogP contribution in [0.4, 0.5) is 18.0 Å². The lowest BCUT2D eigenvalue weighted by Crippen LogP contribution is -2.42. The molecule has 0 saturated carbocycles. The summed E-state index contributed by atoms with van der Waals surface area (Å²) >= 11 is 0. The quantitative estimate of drug-likeness (QED) is 0.231. The lowest BCUT2D eigenvalue weighted by molar-refractivity contribution is -0.137. The van der Waals surface area contributed by atoms with Crippen molar-refractivity contribution in [3.63, 3.8) is 0 Å². The van der Waals surface area contributed by atoms with Crippen LogP contribution < -0.4 is 10.6 Å². The van der Waals surface area contributed by atoms with Gasteiger partial charge in [-0.15, -0.1) is 0 Å². The maximum absolute atomic E-state index is 13.3. The number of nitriles is 1. The summed E-state index contributed by atoms with van der Waals surface area (Å²) in [6, 6.07) is 6.18. The van der Waals surface area contributed by atoms with E-state index in [0.29, 0.717) is 48.6 Å². The molecule has 1 amide bonds. The fourth-order valence-corrected chi connectivity index (χ4v) is 4.68. The first-order valence-electron chi connectivity index (χ1n) is 13.6. The number of nitrogens with zero attached hydrogens (tertiary/aromatic N) is 7. The van der Waals surface area contributed by atoms with Crippen molar-refractivity contribution in [2.24, 2.45) is 15.9 Å². The number of imidazole rings is 1. The smallest absolute Gasteiger partial charge is 0.417 e. The Balaban J connectivity index is 1.59. The number of pyridine rings is 2. The minimum atomic E-state index is -4.57. The fraction of sp³-hybridized carbons (Fsp3) is 0.448. The zero-order valence-corrected chi connectivity index (χ0v) is 24.5. The van der Waals surface area contributed by atoms with Crippen LogP contribution in [0.25, 0.3) is 5.65 Å².